The van der Waals surface area contributed by atoms with E-state index in [-0.39, 0.29) is 0 Å². The average Bonchev–Trinajstić information content (AvgIpc) is 2.44. The molecule has 0 rings (SSSR count). The van der Waals surface area contributed by atoms with Crippen LogP contribution in [0.25, 0.3) is 0 Å². The van der Waals surface area contributed by atoms with Crippen molar-refractivity contribution in [1.29, 1.82) is 0 Å². The molecule has 0 aliphatic carbocycles. The highest BCUT2D eigenvalue weighted by atomic mass is 16.4. The Morgan fingerprint density at radius 2 is 1.32 bits per heavy atom. The first-order valence-electron chi connectivity index (χ1n) is 9.41. The van der Waals surface area contributed by atoms with Crippen molar-refractivity contribution in [3.63, 3.8) is 0 Å². The van der Waals surface area contributed by atoms with Gasteiger partial charge in [-0.2, -0.15) is 0 Å². The Morgan fingerprint density at radius 3 is 1.86 bits per heavy atom. The van der Waals surface area contributed by atoms with E-state index in [1.807, 2.05) is 0 Å². The van der Waals surface area contributed by atoms with Crippen molar-refractivity contribution < 1.29 is 9.90 Å². The summed E-state index contributed by atoms with van der Waals surface area (Å²) in [7, 11) is 0. The van der Waals surface area contributed by atoms with Crippen LogP contribution in [-0.2, 0) is 4.79 Å². The Hall–Kier alpha value is -0.790. The molecule has 0 heterocycles. The molecule has 22 heavy (non-hydrogen) atoms. The number of carbonyl (C=O) groups is 1. The summed E-state index contributed by atoms with van der Waals surface area (Å²) in [6.07, 6.45) is 18.7. The van der Waals surface area contributed by atoms with Crippen molar-refractivity contribution in [2.24, 2.45) is 11.8 Å². The maximum absolute atomic E-state index is 10.3. The van der Waals surface area contributed by atoms with Crippen LogP contribution in [0.1, 0.15) is 97.8 Å². The van der Waals surface area contributed by atoms with Gasteiger partial charge in [-0.3, -0.25) is 0 Å². The Balaban J connectivity index is 3.26. The number of carboxylic acid groups (broad SMARTS) is 1. The molecular weight excluding hydrogens is 272 g/mol. The maximum Gasteiger partial charge on any atom is 0.327 e. The predicted molar refractivity (Wildman–Crippen MR) is 96.2 cm³/mol. The molecule has 0 aliphatic rings. The van der Waals surface area contributed by atoms with Gasteiger partial charge in [0.2, 0.25) is 0 Å². The van der Waals surface area contributed by atoms with Gasteiger partial charge in [0, 0.05) is 6.08 Å². The van der Waals surface area contributed by atoms with Gasteiger partial charge in [-0.1, -0.05) is 91.1 Å². The van der Waals surface area contributed by atoms with Gasteiger partial charge in [0.05, 0.1) is 0 Å². The van der Waals surface area contributed by atoms with Gasteiger partial charge in [0.15, 0.2) is 0 Å². The summed E-state index contributed by atoms with van der Waals surface area (Å²) < 4.78 is 0. The Labute approximate surface area is 138 Å². The van der Waals surface area contributed by atoms with E-state index in [1.165, 1.54) is 70.3 Å². The van der Waals surface area contributed by atoms with Gasteiger partial charge in [-0.05, 0) is 24.7 Å². The largest absolute Gasteiger partial charge is 0.478 e. The molecule has 130 valence electrons. The first-order chi connectivity index (χ1) is 10.5. The first kappa shape index (κ1) is 21.2. The summed E-state index contributed by atoms with van der Waals surface area (Å²) in [4.78, 5) is 10.3. The number of rotatable bonds is 15. The van der Waals surface area contributed by atoms with Crippen LogP contribution in [0, 0.1) is 11.8 Å². The van der Waals surface area contributed by atoms with Crippen molar-refractivity contribution in [3.8, 4) is 0 Å². The van der Waals surface area contributed by atoms with Crippen LogP contribution in [0.5, 0.6) is 0 Å². The van der Waals surface area contributed by atoms with Gasteiger partial charge in [0.25, 0.3) is 0 Å². The lowest BCUT2D eigenvalue weighted by Gasteiger charge is -2.11. The summed E-state index contributed by atoms with van der Waals surface area (Å²) in [5, 5.41) is 8.48. The average molecular weight is 311 g/mol. The molecule has 0 amide bonds. The van der Waals surface area contributed by atoms with Gasteiger partial charge < -0.3 is 5.11 Å². The quantitative estimate of drug-likeness (QED) is 0.273. The minimum atomic E-state index is -0.835. The highest BCUT2D eigenvalue weighted by Crippen LogP contribution is 2.18. The Morgan fingerprint density at radius 1 is 0.818 bits per heavy atom. The SMILES string of the molecule is CC(C)CCCCCCCC(C)CCCCC/C=C/C(=O)O. The highest BCUT2D eigenvalue weighted by molar-refractivity contribution is 5.79. The second-order valence-corrected chi connectivity index (χ2v) is 7.22. The van der Waals surface area contributed by atoms with Crippen LogP contribution in [-0.4, -0.2) is 11.1 Å². The highest BCUT2D eigenvalue weighted by Gasteiger charge is 2.02. The lowest BCUT2D eigenvalue weighted by Crippen LogP contribution is -1.95. The van der Waals surface area contributed by atoms with Crippen LogP contribution in [0.15, 0.2) is 12.2 Å². The summed E-state index contributed by atoms with van der Waals surface area (Å²) in [6.45, 7) is 7.00. The Bertz CT molecular complexity index is 281. The lowest BCUT2D eigenvalue weighted by molar-refractivity contribution is -0.131. The van der Waals surface area contributed by atoms with Crippen LogP contribution in [0.3, 0.4) is 0 Å². The first-order valence-corrected chi connectivity index (χ1v) is 9.41. The van der Waals surface area contributed by atoms with E-state index in [1.54, 1.807) is 6.08 Å². The number of aliphatic carboxylic acids is 1. The zero-order chi connectivity index (χ0) is 16.6. The molecule has 0 saturated carbocycles. The molecule has 0 fully saturated rings. The van der Waals surface area contributed by atoms with Crippen LogP contribution in [0.4, 0.5) is 0 Å². The maximum atomic E-state index is 10.3. The van der Waals surface area contributed by atoms with Gasteiger partial charge in [0.1, 0.15) is 0 Å². The molecule has 2 heteroatoms. The second kappa shape index (κ2) is 15.1. The zero-order valence-corrected chi connectivity index (χ0v) is 15.2. The molecular formula is C20H38O2. The number of unbranched alkanes of at least 4 members (excludes halogenated alkanes) is 7. The molecule has 0 radical (unpaired) electrons. The molecule has 0 saturated heterocycles. The van der Waals surface area contributed by atoms with E-state index in [0.29, 0.717) is 0 Å². The third-order valence-electron chi connectivity index (χ3n) is 4.31. The van der Waals surface area contributed by atoms with Crippen LogP contribution in [0.2, 0.25) is 0 Å². The van der Waals surface area contributed by atoms with Crippen molar-refractivity contribution in [2.75, 3.05) is 0 Å². The minimum absolute atomic E-state index is 0.835. The smallest absolute Gasteiger partial charge is 0.327 e. The molecule has 1 atom stereocenters. The van der Waals surface area contributed by atoms with E-state index in [2.05, 4.69) is 20.8 Å². The Kier molecular flexibility index (Phi) is 14.6. The second-order valence-electron chi connectivity index (χ2n) is 7.22. The van der Waals surface area contributed by atoms with Crippen molar-refractivity contribution in [3.05, 3.63) is 12.2 Å². The standard InChI is InChI=1S/C20H38O2/c1-18(2)14-10-6-4-7-11-15-19(3)16-12-8-5-9-13-17-20(21)22/h13,17-19H,4-12,14-16H2,1-3H3,(H,21,22)/b17-13+. The minimum Gasteiger partial charge on any atom is -0.478 e. The molecule has 0 bridgehead atoms. The third-order valence-corrected chi connectivity index (χ3v) is 4.31. The molecule has 0 aromatic heterocycles. The molecule has 0 aliphatic heterocycles. The third kappa shape index (κ3) is 17.3. The van der Waals surface area contributed by atoms with E-state index in [4.69, 9.17) is 5.11 Å². The summed E-state index contributed by atoms with van der Waals surface area (Å²) in [6, 6.07) is 0. The monoisotopic (exact) mass is 310 g/mol. The summed E-state index contributed by atoms with van der Waals surface area (Å²) >= 11 is 0. The number of hydrogen-bond acceptors (Lipinski definition) is 1. The molecule has 1 unspecified atom stereocenters. The van der Waals surface area contributed by atoms with Crippen LogP contribution >= 0.6 is 0 Å². The van der Waals surface area contributed by atoms with Crippen molar-refractivity contribution in [2.45, 2.75) is 97.8 Å². The number of allylic oxidation sites excluding steroid dienone is 1. The predicted octanol–water partition coefficient (Wildman–Crippen LogP) is 6.60. The van der Waals surface area contributed by atoms with E-state index in [9.17, 15) is 4.79 Å². The van der Waals surface area contributed by atoms with Gasteiger partial charge in [-0.15, -0.1) is 0 Å². The molecule has 1 N–H and O–H groups in total. The van der Waals surface area contributed by atoms with Crippen molar-refractivity contribution >= 4 is 5.97 Å². The van der Waals surface area contributed by atoms with Crippen LogP contribution < -0.4 is 0 Å². The topological polar surface area (TPSA) is 37.3 Å². The zero-order valence-electron chi connectivity index (χ0n) is 15.2. The molecule has 0 spiro atoms. The van der Waals surface area contributed by atoms with Gasteiger partial charge in [-0.25, -0.2) is 4.79 Å². The summed E-state index contributed by atoms with van der Waals surface area (Å²) in [5.74, 6) is 0.877. The normalized spacial score (nSPS) is 13.1. The molecule has 0 aromatic rings. The van der Waals surface area contributed by atoms with Gasteiger partial charge >= 0.3 is 5.97 Å². The van der Waals surface area contributed by atoms with E-state index < -0.39 is 5.97 Å². The lowest BCUT2D eigenvalue weighted by atomic mass is 9.96. The fraction of sp³-hybridized carbons (Fsp3) is 0.850. The number of hydrogen-bond donors (Lipinski definition) is 1. The van der Waals surface area contributed by atoms with Crippen molar-refractivity contribution in [1.82, 2.24) is 0 Å². The van der Waals surface area contributed by atoms with E-state index in [0.717, 1.165) is 24.7 Å². The molecule has 0 aromatic carbocycles. The molecule has 2 nitrogen and oxygen atoms in total. The summed E-state index contributed by atoms with van der Waals surface area (Å²) in [5.41, 5.74) is 0. The number of carboxylic acids is 1. The fourth-order valence-electron chi connectivity index (χ4n) is 2.84. The fourth-order valence-corrected chi connectivity index (χ4v) is 2.84. The van der Waals surface area contributed by atoms with E-state index >= 15 is 0 Å².